The van der Waals surface area contributed by atoms with Gasteiger partial charge in [0.15, 0.2) is 0 Å². The second-order valence-electron chi connectivity index (χ2n) is 7.61. The molecule has 0 atom stereocenters. The van der Waals surface area contributed by atoms with Crippen molar-refractivity contribution in [1.82, 2.24) is 14.7 Å². The van der Waals surface area contributed by atoms with Crippen LogP contribution in [-0.4, -0.2) is 95.0 Å². The summed E-state index contributed by atoms with van der Waals surface area (Å²) in [6.07, 6.45) is 0. The molecule has 1 heterocycles. The van der Waals surface area contributed by atoms with Crippen LogP contribution in [0.5, 0.6) is 0 Å². The molecule has 126 valence electrons. The quantitative estimate of drug-likeness (QED) is 0.773. The lowest BCUT2D eigenvalue weighted by Crippen LogP contribution is -2.45. The van der Waals surface area contributed by atoms with Gasteiger partial charge in [0.25, 0.3) is 0 Å². The molecule has 21 heavy (non-hydrogen) atoms. The van der Waals surface area contributed by atoms with E-state index in [1.807, 2.05) is 27.7 Å². The van der Waals surface area contributed by atoms with Crippen molar-refractivity contribution in [1.29, 1.82) is 0 Å². The van der Waals surface area contributed by atoms with Gasteiger partial charge in [-0.15, -0.1) is 0 Å². The molecule has 0 aromatic carbocycles. The van der Waals surface area contributed by atoms with Crippen molar-refractivity contribution in [3.63, 3.8) is 0 Å². The van der Waals surface area contributed by atoms with Crippen molar-refractivity contribution in [3.8, 4) is 0 Å². The number of nitrogens with zero attached hydrogens (tertiary/aromatic N) is 3. The molecule has 5 nitrogen and oxygen atoms in total. The summed E-state index contributed by atoms with van der Waals surface area (Å²) >= 11 is 0. The fourth-order valence-corrected chi connectivity index (χ4v) is 2.91. The van der Waals surface area contributed by atoms with Crippen molar-refractivity contribution in [2.24, 2.45) is 0 Å². The van der Waals surface area contributed by atoms with Gasteiger partial charge >= 0.3 is 0 Å². The van der Waals surface area contributed by atoms with Gasteiger partial charge in [-0.25, -0.2) is 0 Å². The van der Waals surface area contributed by atoms with E-state index in [0.29, 0.717) is 13.1 Å². The van der Waals surface area contributed by atoms with Crippen LogP contribution in [0.1, 0.15) is 34.6 Å². The SMILES string of the molecule is CCN1CCN(CC(C)(C)O)CCN(CC(C)(C)O)CC1. The van der Waals surface area contributed by atoms with Gasteiger partial charge in [-0.3, -0.25) is 9.80 Å². The Morgan fingerprint density at radius 2 is 0.952 bits per heavy atom. The Balaban J connectivity index is 2.67. The second kappa shape index (κ2) is 7.88. The number of likely N-dealkylation sites (N-methyl/N-ethyl adjacent to an activating group) is 1. The standard InChI is InChI=1S/C16H35N3O2/c1-6-17-7-9-18(13-15(2,3)20)11-12-19(10-8-17)14-16(4,5)21/h20-21H,6-14H2,1-5H3. The summed E-state index contributed by atoms with van der Waals surface area (Å²) in [5.74, 6) is 0. The molecule has 0 aromatic rings. The Bertz CT molecular complexity index is 269. The van der Waals surface area contributed by atoms with E-state index in [1.54, 1.807) is 0 Å². The monoisotopic (exact) mass is 301 g/mol. The summed E-state index contributed by atoms with van der Waals surface area (Å²) in [6, 6.07) is 0. The highest BCUT2D eigenvalue weighted by Crippen LogP contribution is 2.10. The normalized spacial score (nSPS) is 21.9. The van der Waals surface area contributed by atoms with E-state index in [-0.39, 0.29) is 0 Å². The first-order valence-electron chi connectivity index (χ1n) is 8.21. The number of rotatable bonds is 5. The molecule has 1 rings (SSSR count). The zero-order valence-electron chi connectivity index (χ0n) is 14.6. The van der Waals surface area contributed by atoms with Crippen molar-refractivity contribution in [2.45, 2.75) is 45.8 Å². The minimum atomic E-state index is -0.661. The third-order valence-electron chi connectivity index (χ3n) is 3.87. The Labute approximate surface area is 130 Å². The van der Waals surface area contributed by atoms with Gasteiger partial charge in [0.2, 0.25) is 0 Å². The predicted octanol–water partition coefficient (Wildman–Crippen LogP) is 0.468. The topological polar surface area (TPSA) is 50.2 Å². The number of β-amino-alcohol motifs (C(OH)–C–C–N with tert-alkyl or cyclic N) is 2. The van der Waals surface area contributed by atoms with Crippen LogP contribution in [0.25, 0.3) is 0 Å². The minimum absolute atomic E-state index is 0.661. The van der Waals surface area contributed by atoms with E-state index < -0.39 is 11.2 Å². The highest BCUT2D eigenvalue weighted by Gasteiger charge is 2.23. The molecule has 0 spiro atoms. The molecule has 5 heteroatoms. The van der Waals surface area contributed by atoms with Crippen molar-refractivity contribution in [2.75, 3.05) is 58.9 Å². The maximum Gasteiger partial charge on any atom is 0.0718 e. The Morgan fingerprint density at radius 1 is 0.667 bits per heavy atom. The summed E-state index contributed by atoms with van der Waals surface area (Å²) in [7, 11) is 0. The summed E-state index contributed by atoms with van der Waals surface area (Å²) in [4.78, 5) is 7.12. The van der Waals surface area contributed by atoms with Crippen molar-refractivity contribution < 1.29 is 10.2 Å². The molecule has 1 aliphatic heterocycles. The first kappa shape index (κ1) is 18.8. The van der Waals surface area contributed by atoms with Crippen LogP contribution in [0.15, 0.2) is 0 Å². The zero-order chi connectivity index (χ0) is 16.1. The first-order chi connectivity index (χ1) is 9.59. The molecule has 1 fully saturated rings. The van der Waals surface area contributed by atoms with E-state index in [9.17, 15) is 10.2 Å². The molecule has 0 radical (unpaired) electrons. The Hall–Kier alpha value is -0.200. The third-order valence-corrected chi connectivity index (χ3v) is 3.87. The highest BCUT2D eigenvalue weighted by molar-refractivity contribution is 4.79. The molecule has 0 aliphatic carbocycles. The van der Waals surface area contributed by atoms with E-state index in [1.165, 1.54) is 0 Å². The molecule has 1 saturated heterocycles. The number of aliphatic hydroxyl groups is 2. The average molecular weight is 301 g/mol. The molecule has 1 aliphatic rings. The largest absolute Gasteiger partial charge is 0.389 e. The van der Waals surface area contributed by atoms with Crippen molar-refractivity contribution >= 4 is 0 Å². The van der Waals surface area contributed by atoms with E-state index in [2.05, 4.69) is 21.6 Å². The molecule has 0 amide bonds. The molecule has 0 unspecified atom stereocenters. The first-order valence-corrected chi connectivity index (χ1v) is 8.21. The number of hydrogen-bond acceptors (Lipinski definition) is 5. The summed E-state index contributed by atoms with van der Waals surface area (Å²) in [5, 5.41) is 20.1. The van der Waals surface area contributed by atoms with E-state index >= 15 is 0 Å². The molecular weight excluding hydrogens is 266 g/mol. The number of hydrogen-bond donors (Lipinski definition) is 2. The van der Waals surface area contributed by atoms with Gasteiger partial charge in [0.1, 0.15) is 0 Å². The summed E-state index contributed by atoms with van der Waals surface area (Å²) < 4.78 is 0. The van der Waals surface area contributed by atoms with Crippen LogP contribution < -0.4 is 0 Å². The third kappa shape index (κ3) is 8.73. The van der Waals surface area contributed by atoms with Crippen molar-refractivity contribution in [3.05, 3.63) is 0 Å². The van der Waals surface area contributed by atoms with Gasteiger partial charge in [0.05, 0.1) is 11.2 Å². The van der Waals surface area contributed by atoms with Crippen LogP contribution in [-0.2, 0) is 0 Å². The molecular formula is C16H35N3O2. The molecule has 0 aromatic heterocycles. The lowest BCUT2D eigenvalue weighted by atomic mass is 10.1. The molecule has 0 saturated carbocycles. The van der Waals surface area contributed by atoms with Gasteiger partial charge in [-0.1, -0.05) is 6.92 Å². The van der Waals surface area contributed by atoms with Gasteiger partial charge < -0.3 is 15.1 Å². The fraction of sp³-hybridized carbons (Fsp3) is 1.00. The van der Waals surface area contributed by atoms with E-state index in [4.69, 9.17) is 0 Å². The lowest BCUT2D eigenvalue weighted by molar-refractivity contribution is 0.0210. The average Bonchev–Trinajstić information content (AvgIpc) is 2.38. The predicted molar refractivity (Wildman–Crippen MR) is 87.6 cm³/mol. The lowest BCUT2D eigenvalue weighted by Gasteiger charge is -2.32. The van der Waals surface area contributed by atoms with Crippen LogP contribution >= 0.6 is 0 Å². The van der Waals surface area contributed by atoms with Gasteiger partial charge in [-0.2, -0.15) is 0 Å². The fourth-order valence-electron chi connectivity index (χ4n) is 2.91. The van der Waals surface area contributed by atoms with Crippen LogP contribution in [0.4, 0.5) is 0 Å². The van der Waals surface area contributed by atoms with Crippen LogP contribution in [0, 0.1) is 0 Å². The molecule has 0 bridgehead atoms. The summed E-state index contributed by atoms with van der Waals surface area (Å²) in [5.41, 5.74) is -1.32. The van der Waals surface area contributed by atoms with Crippen LogP contribution in [0.3, 0.4) is 0 Å². The maximum atomic E-state index is 10.1. The van der Waals surface area contributed by atoms with Gasteiger partial charge in [-0.05, 0) is 34.2 Å². The Kier molecular flexibility index (Phi) is 7.07. The second-order valence-corrected chi connectivity index (χ2v) is 7.61. The molecule has 2 N–H and O–H groups in total. The maximum absolute atomic E-state index is 10.1. The zero-order valence-corrected chi connectivity index (χ0v) is 14.6. The smallest absolute Gasteiger partial charge is 0.0718 e. The van der Waals surface area contributed by atoms with Gasteiger partial charge in [0, 0.05) is 52.4 Å². The Morgan fingerprint density at radius 3 is 1.19 bits per heavy atom. The minimum Gasteiger partial charge on any atom is -0.389 e. The highest BCUT2D eigenvalue weighted by atomic mass is 16.3. The van der Waals surface area contributed by atoms with E-state index in [0.717, 1.165) is 45.8 Å². The van der Waals surface area contributed by atoms with Crippen LogP contribution in [0.2, 0.25) is 0 Å². The summed E-state index contributed by atoms with van der Waals surface area (Å²) in [6.45, 7) is 18.1.